The van der Waals surface area contributed by atoms with E-state index in [-0.39, 0.29) is 16.7 Å². The average molecular weight is 314 g/mol. The molecule has 0 radical (unpaired) electrons. The van der Waals surface area contributed by atoms with Gasteiger partial charge in [0.1, 0.15) is 13.2 Å². The molecule has 2 rings (SSSR count). The zero-order valence-corrected chi connectivity index (χ0v) is 12.0. The Morgan fingerprint density at radius 1 is 1.28 bits per heavy atom. The van der Waals surface area contributed by atoms with Crippen molar-refractivity contribution >= 4 is 27.5 Å². The molecule has 0 saturated carbocycles. The molecule has 1 unspecified atom stereocenters. The maximum Gasteiger partial charge on any atom is 0.238 e. The number of carbonyl (C=O) groups excluding carboxylic acids is 1. The smallest absolute Gasteiger partial charge is 0.238 e. The summed E-state index contributed by atoms with van der Waals surface area (Å²) in [4.78, 5) is 11.7. The third-order valence-electron chi connectivity index (χ3n) is 2.65. The normalized spacial score (nSPS) is 15.3. The first kappa shape index (κ1) is 13.2. The van der Waals surface area contributed by atoms with Crippen LogP contribution in [0.2, 0.25) is 0 Å². The number of fused-ring (bicyclic) bond motifs is 1. The number of rotatable bonds is 3. The lowest BCUT2D eigenvalue weighted by Gasteiger charge is -2.19. The van der Waals surface area contributed by atoms with Crippen molar-refractivity contribution in [3.63, 3.8) is 0 Å². The molecule has 1 N–H and O–H groups in total. The second-order valence-electron chi connectivity index (χ2n) is 4.49. The Morgan fingerprint density at radius 2 is 1.94 bits per heavy atom. The first-order valence-corrected chi connectivity index (χ1v) is 6.84. The van der Waals surface area contributed by atoms with Crippen LogP contribution in [0.25, 0.3) is 0 Å². The fraction of sp³-hybridized carbons (Fsp3) is 0.462. The van der Waals surface area contributed by atoms with E-state index in [1.165, 1.54) is 0 Å². The van der Waals surface area contributed by atoms with E-state index in [0.29, 0.717) is 24.7 Å². The number of alkyl halides is 1. The Hall–Kier alpha value is -1.23. The summed E-state index contributed by atoms with van der Waals surface area (Å²) in [7, 11) is 0. The van der Waals surface area contributed by atoms with Crippen LogP contribution in [-0.4, -0.2) is 23.9 Å². The van der Waals surface area contributed by atoms with Gasteiger partial charge in [-0.05, 0) is 18.1 Å². The average Bonchev–Trinajstić information content (AvgIpc) is 2.37. The van der Waals surface area contributed by atoms with Crippen LogP contribution in [0.3, 0.4) is 0 Å². The van der Waals surface area contributed by atoms with Gasteiger partial charge in [-0.1, -0.05) is 29.8 Å². The van der Waals surface area contributed by atoms with Crippen molar-refractivity contribution in [1.29, 1.82) is 0 Å². The number of benzene rings is 1. The van der Waals surface area contributed by atoms with Gasteiger partial charge in [-0.2, -0.15) is 0 Å². The minimum Gasteiger partial charge on any atom is -0.486 e. The van der Waals surface area contributed by atoms with Gasteiger partial charge in [0.25, 0.3) is 0 Å². The monoisotopic (exact) mass is 313 g/mol. The highest BCUT2D eigenvalue weighted by molar-refractivity contribution is 9.10. The molecule has 1 amide bonds. The van der Waals surface area contributed by atoms with Crippen molar-refractivity contribution in [3.8, 4) is 11.5 Å². The molecule has 0 saturated heterocycles. The van der Waals surface area contributed by atoms with Crippen LogP contribution >= 0.6 is 15.9 Å². The molecule has 0 bridgehead atoms. The summed E-state index contributed by atoms with van der Waals surface area (Å²) in [5.74, 6) is 1.58. The first-order valence-electron chi connectivity index (χ1n) is 5.92. The number of carbonyl (C=O) groups is 1. The van der Waals surface area contributed by atoms with Crippen LogP contribution in [0.5, 0.6) is 11.5 Å². The van der Waals surface area contributed by atoms with E-state index in [9.17, 15) is 4.79 Å². The Labute approximate surface area is 115 Å². The molecule has 1 aliphatic heterocycles. The predicted octanol–water partition coefficient (Wildman–Crippen LogP) is 2.82. The topological polar surface area (TPSA) is 47.6 Å². The van der Waals surface area contributed by atoms with Crippen molar-refractivity contribution < 1.29 is 14.3 Å². The van der Waals surface area contributed by atoms with E-state index in [2.05, 4.69) is 21.2 Å². The van der Waals surface area contributed by atoms with Crippen LogP contribution in [0.15, 0.2) is 18.2 Å². The number of anilines is 1. The van der Waals surface area contributed by atoms with Gasteiger partial charge in [0.15, 0.2) is 11.5 Å². The molecular weight excluding hydrogens is 298 g/mol. The maximum absolute atomic E-state index is 11.9. The van der Waals surface area contributed by atoms with E-state index in [4.69, 9.17) is 9.47 Å². The Morgan fingerprint density at radius 3 is 2.61 bits per heavy atom. The van der Waals surface area contributed by atoms with Gasteiger partial charge in [-0.15, -0.1) is 0 Å². The lowest BCUT2D eigenvalue weighted by molar-refractivity contribution is -0.116. The molecule has 1 aromatic rings. The molecule has 18 heavy (non-hydrogen) atoms. The summed E-state index contributed by atoms with van der Waals surface area (Å²) in [6, 6.07) is 5.40. The second kappa shape index (κ2) is 5.61. The lowest BCUT2D eigenvalue weighted by Crippen LogP contribution is -2.27. The third-order valence-corrected chi connectivity index (χ3v) is 4.12. The van der Waals surface area contributed by atoms with Gasteiger partial charge in [-0.3, -0.25) is 4.79 Å². The van der Waals surface area contributed by atoms with Crippen molar-refractivity contribution in [3.05, 3.63) is 18.2 Å². The summed E-state index contributed by atoms with van der Waals surface area (Å²) in [5.41, 5.74) is 0.717. The van der Waals surface area contributed by atoms with Crippen molar-refractivity contribution in [1.82, 2.24) is 0 Å². The molecule has 1 heterocycles. The van der Waals surface area contributed by atoms with Crippen LogP contribution in [-0.2, 0) is 4.79 Å². The van der Waals surface area contributed by atoms with Crippen LogP contribution in [0, 0.1) is 5.92 Å². The molecule has 1 atom stereocenters. The molecule has 0 spiro atoms. The van der Waals surface area contributed by atoms with E-state index in [1.807, 2.05) is 26.0 Å². The molecule has 5 heteroatoms. The quantitative estimate of drug-likeness (QED) is 0.873. The van der Waals surface area contributed by atoms with Crippen molar-refractivity contribution in [2.24, 2.45) is 5.92 Å². The SMILES string of the molecule is CC(C)C(Br)C(=O)Nc1ccc2c(c1)OCCO2. The number of hydrogen-bond donors (Lipinski definition) is 1. The second-order valence-corrected chi connectivity index (χ2v) is 5.48. The van der Waals surface area contributed by atoms with E-state index < -0.39 is 0 Å². The van der Waals surface area contributed by atoms with Crippen LogP contribution in [0.1, 0.15) is 13.8 Å². The van der Waals surface area contributed by atoms with Gasteiger partial charge >= 0.3 is 0 Å². The van der Waals surface area contributed by atoms with E-state index >= 15 is 0 Å². The molecule has 4 nitrogen and oxygen atoms in total. The van der Waals surface area contributed by atoms with Crippen molar-refractivity contribution in [2.45, 2.75) is 18.7 Å². The van der Waals surface area contributed by atoms with E-state index in [1.54, 1.807) is 6.07 Å². The number of halogens is 1. The Bertz CT molecular complexity index is 448. The summed E-state index contributed by atoms with van der Waals surface area (Å²) >= 11 is 3.37. The standard InChI is InChI=1S/C13H16BrNO3/c1-8(2)12(14)13(16)15-9-3-4-10-11(7-9)18-6-5-17-10/h3-4,7-8,12H,5-6H2,1-2H3,(H,15,16). The van der Waals surface area contributed by atoms with Gasteiger partial charge in [0, 0.05) is 11.8 Å². The summed E-state index contributed by atoms with van der Waals surface area (Å²) in [6.07, 6.45) is 0. The number of ether oxygens (including phenoxy) is 2. The molecule has 0 aliphatic carbocycles. The van der Waals surface area contributed by atoms with Gasteiger partial charge in [-0.25, -0.2) is 0 Å². The minimum atomic E-state index is -0.203. The lowest BCUT2D eigenvalue weighted by atomic mass is 10.1. The van der Waals surface area contributed by atoms with Gasteiger partial charge < -0.3 is 14.8 Å². The first-order chi connectivity index (χ1) is 8.58. The fourth-order valence-electron chi connectivity index (χ4n) is 1.64. The van der Waals surface area contributed by atoms with E-state index in [0.717, 1.165) is 5.75 Å². The number of amides is 1. The van der Waals surface area contributed by atoms with Crippen LogP contribution in [0.4, 0.5) is 5.69 Å². The number of nitrogens with one attached hydrogen (secondary N) is 1. The number of hydrogen-bond acceptors (Lipinski definition) is 3. The highest BCUT2D eigenvalue weighted by Crippen LogP contribution is 2.32. The predicted molar refractivity (Wildman–Crippen MR) is 73.6 cm³/mol. The summed E-state index contributed by atoms with van der Waals surface area (Å²) < 4.78 is 10.9. The molecular formula is C13H16BrNO3. The fourth-order valence-corrected chi connectivity index (χ4v) is 1.75. The zero-order chi connectivity index (χ0) is 13.1. The maximum atomic E-state index is 11.9. The molecule has 98 valence electrons. The molecule has 0 aromatic heterocycles. The van der Waals surface area contributed by atoms with Crippen LogP contribution < -0.4 is 14.8 Å². The Kier molecular flexibility index (Phi) is 4.11. The van der Waals surface area contributed by atoms with Gasteiger partial charge in [0.2, 0.25) is 5.91 Å². The summed E-state index contributed by atoms with van der Waals surface area (Å²) in [6.45, 7) is 5.08. The molecule has 0 fully saturated rings. The molecule has 1 aliphatic rings. The minimum absolute atomic E-state index is 0.0540. The largest absolute Gasteiger partial charge is 0.486 e. The van der Waals surface area contributed by atoms with Crippen molar-refractivity contribution in [2.75, 3.05) is 18.5 Å². The summed E-state index contributed by atoms with van der Waals surface area (Å²) in [5, 5.41) is 2.85. The highest BCUT2D eigenvalue weighted by atomic mass is 79.9. The Balaban J connectivity index is 2.08. The molecule has 1 aromatic carbocycles. The zero-order valence-electron chi connectivity index (χ0n) is 10.4. The third kappa shape index (κ3) is 2.96. The highest BCUT2D eigenvalue weighted by Gasteiger charge is 2.19. The van der Waals surface area contributed by atoms with Gasteiger partial charge in [0.05, 0.1) is 4.83 Å².